The van der Waals surface area contributed by atoms with Crippen LogP contribution in [0.15, 0.2) is 28.4 Å². The highest BCUT2D eigenvalue weighted by Gasteiger charge is 2.15. The summed E-state index contributed by atoms with van der Waals surface area (Å²) < 4.78 is 1.62. The predicted octanol–water partition coefficient (Wildman–Crippen LogP) is 1.84. The average molecular weight is 274 g/mol. The third kappa shape index (κ3) is 2.58. The molecule has 0 amide bonds. The number of hydrogen-bond donors (Lipinski definition) is 1. The fourth-order valence-electron chi connectivity index (χ4n) is 1.55. The summed E-state index contributed by atoms with van der Waals surface area (Å²) in [5.74, 6) is -1.02. The Hall–Kier alpha value is -2.33. The molecule has 19 heavy (non-hydrogen) atoms. The van der Waals surface area contributed by atoms with Crippen molar-refractivity contribution in [2.24, 2.45) is 7.05 Å². The highest BCUT2D eigenvalue weighted by molar-refractivity contribution is 7.99. The van der Waals surface area contributed by atoms with Crippen LogP contribution in [0.2, 0.25) is 0 Å². The molecule has 96 valence electrons. The van der Waals surface area contributed by atoms with Crippen molar-refractivity contribution >= 4 is 17.7 Å². The molecule has 0 aliphatic carbocycles. The van der Waals surface area contributed by atoms with Crippen LogP contribution in [-0.2, 0) is 7.05 Å². The first-order valence-electron chi connectivity index (χ1n) is 5.34. The van der Waals surface area contributed by atoms with Crippen LogP contribution in [0.3, 0.4) is 0 Å². The van der Waals surface area contributed by atoms with Crippen molar-refractivity contribution in [3.63, 3.8) is 0 Å². The minimum Gasteiger partial charge on any atom is -0.478 e. The Bertz CT molecular complexity index is 670. The number of carbonyl (C=O) groups is 1. The van der Waals surface area contributed by atoms with Crippen molar-refractivity contribution in [3.8, 4) is 6.07 Å². The molecule has 0 aliphatic heterocycles. The van der Waals surface area contributed by atoms with E-state index >= 15 is 0 Å². The normalized spacial score (nSPS) is 10.2. The molecule has 0 saturated heterocycles. The molecule has 2 rings (SSSR count). The molecule has 0 saturated carbocycles. The number of rotatable bonds is 3. The molecule has 0 bridgehead atoms. The maximum atomic E-state index is 10.7. The lowest BCUT2D eigenvalue weighted by atomic mass is 10.3. The molecule has 0 aliphatic rings. The molecular weight excluding hydrogens is 264 g/mol. The standard InChI is InChI=1S/C12H10N4O2S/c1-7-9(5-13)11(16(2)15-7)19-10-4-3-8(6-14-10)12(17)18/h3-4,6H,1-2H3,(H,17,18). The van der Waals surface area contributed by atoms with Crippen molar-refractivity contribution in [2.45, 2.75) is 17.0 Å². The number of aromatic nitrogens is 3. The van der Waals surface area contributed by atoms with Crippen LogP contribution in [0.25, 0.3) is 0 Å². The van der Waals surface area contributed by atoms with Gasteiger partial charge in [0, 0.05) is 13.2 Å². The van der Waals surface area contributed by atoms with E-state index in [9.17, 15) is 4.79 Å². The van der Waals surface area contributed by atoms with Crippen LogP contribution >= 0.6 is 11.8 Å². The van der Waals surface area contributed by atoms with Gasteiger partial charge in [-0.25, -0.2) is 9.78 Å². The van der Waals surface area contributed by atoms with Gasteiger partial charge in [0.05, 0.1) is 11.3 Å². The minimum absolute atomic E-state index is 0.131. The van der Waals surface area contributed by atoms with Gasteiger partial charge in [-0.05, 0) is 30.8 Å². The van der Waals surface area contributed by atoms with Crippen LogP contribution in [0, 0.1) is 18.3 Å². The summed E-state index contributed by atoms with van der Waals surface area (Å²) in [4.78, 5) is 14.8. The molecule has 0 spiro atoms. The Balaban J connectivity index is 2.32. The first kappa shape index (κ1) is 13.1. The second-order valence-corrected chi connectivity index (χ2v) is 4.80. The molecule has 2 aromatic rings. The Morgan fingerprint density at radius 3 is 2.79 bits per heavy atom. The van der Waals surface area contributed by atoms with E-state index in [0.717, 1.165) is 0 Å². The lowest BCUT2D eigenvalue weighted by Crippen LogP contribution is -1.97. The zero-order valence-electron chi connectivity index (χ0n) is 10.3. The van der Waals surface area contributed by atoms with Gasteiger partial charge < -0.3 is 5.11 Å². The van der Waals surface area contributed by atoms with E-state index < -0.39 is 5.97 Å². The van der Waals surface area contributed by atoms with Crippen LogP contribution in [-0.4, -0.2) is 25.8 Å². The lowest BCUT2D eigenvalue weighted by molar-refractivity contribution is 0.0696. The summed E-state index contributed by atoms with van der Waals surface area (Å²) in [7, 11) is 1.75. The zero-order chi connectivity index (χ0) is 14.0. The Morgan fingerprint density at radius 1 is 1.53 bits per heavy atom. The maximum Gasteiger partial charge on any atom is 0.337 e. The molecule has 2 heterocycles. The van der Waals surface area contributed by atoms with Crippen molar-refractivity contribution in [3.05, 3.63) is 35.2 Å². The van der Waals surface area contributed by atoms with E-state index in [1.54, 1.807) is 24.7 Å². The summed E-state index contributed by atoms with van der Waals surface area (Å²) >= 11 is 1.28. The van der Waals surface area contributed by atoms with E-state index in [1.807, 2.05) is 0 Å². The summed E-state index contributed by atoms with van der Waals surface area (Å²) in [6.45, 7) is 1.77. The quantitative estimate of drug-likeness (QED) is 0.918. The van der Waals surface area contributed by atoms with Gasteiger partial charge in [0.15, 0.2) is 0 Å². The number of carboxylic acids is 1. The largest absolute Gasteiger partial charge is 0.478 e. The number of aryl methyl sites for hydroxylation is 2. The van der Waals surface area contributed by atoms with Crippen LogP contribution in [0.4, 0.5) is 0 Å². The van der Waals surface area contributed by atoms with Gasteiger partial charge in [0.25, 0.3) is 0 Å². The predicted molar refractivity (Wildman–Crippen MR) is 68.0 cm³/mol. The third-order valence-electron chi connectivity index (χ3n) is 2.47. The third-order valence-corrected chi connectivity index (χ3v) is 3.58. The number of pyridine rings is 1. The SMILES string of the molecule is Cc1nn(C)c(Sc2ccc(C(=O)O)cn2)c1C#N. The second kappa shape index (κ2) is 5.12. The van der Waals surface area contributed by atoms with Crippen molar-refractivity contribution in [1.82, 2.24) is 14.8 Å². The van der Waals surface area contributed by atoms with Gasteiger partial charge in [-0.1, -0.05) is 0 Å². The Kier molecular flexibility index (Phi) is 3.53. The smallest absolute Gasteiger partial charge is 0.337 e. The Morgan fingerprint density at radius 2 is 2.26 bits per heavy atom. The number of carboxylic acid groups (broad SMARTS) is 1. The van der Waals surface area contributed by atoms with Crippen LogP contribution in [0.1, 0.15) is 21.6 Å². The number of aromatic carboxylic acids is 1. The van der Waals surface area contributed by atoms with Gasteiger partial charge in [-0.3, -0.25) is 4.68 Å². The van der Waals surface area contributed by atoms with Gasteiger partial charge in [-0.2, -0.15) is 10.4 Å². The number of hydrogen-bond acceptors (Lipinski definition) is 5. The van der Waals surface area contributed by atoms with E-state index in [1.165, 1.54) is 24.0 Å². The van der Waals surface area contributed by atoms with Crippen molar-refractivity contribution < 1.29 is 9.90 Å². The molecule has 0 fully saturated rings. The first-order chi connectivity index (χ1) is 9.02. The number of nitriles is 1. The average Bonchev–Trinajstić information content (AvgIpc) is 2.64. The molecule has 0 unspecified atom stereocenters. The van der Waals surface area contributed by atoms with E-state index in [0.29, 0.717) is 21.3 Å². The summed E-state index contributed by atoms with van der Waals surface area (Å²) in [6, 6.07) is 5.20. The monoisotopic (exact) mass is 274 g/mol. The summed E-state index contributed by atoms with van der Waals surface area (Å²) in [5, 5.41) is 23.4. The second-order valence-electron chi connectivity index (χ2n) is 3.79. The molecule has 2 aromatic heterocycles. The van der Waals surface area contributed by atoms with Crippen LogP contribution in [0.5, 0.6) is 0 Å². The molecular formula is C12H10N4O2S. The highest BCUT2D eigenvalue weighted by atomic mass is 32.2. The van der Waals surface area contributed by atoms with Gasteiger partial charge in [-0.15, -0.1) is 0 Å². The van der Waals surface area contributed by atoms with E-state index in [-0.39, 0.29) is 5.56 Å². The molecule has 7 heteroatoms. The number of nitrogens with zero attached hydrogens (tertiary/aromatic N) is 4. The first-order valence-corrected chi connectivity index (χ1v) is 6.15. The van der Waals surface area contributed by atoms with Crippen LogP contribution < -0.4 is 0 Å². The molecule has 0 aromatic carbocycles. The van der Waals surface area contributed by atoms with E-state index in [4.69, 9.17) is 10.4 Å². The fraction of sp³-hybridized carbons (Fsp3) is 0.167. The molecule has 0 radical (unpaired) electrons. The van der Waals surface area contributed by atoms with Gasteiger partial charge in [0.2, 0.25) is 0 Å². The molecule has 0 atom stereocenters. The highest BCUT2D eigenvalue weighted by Crippen LogP contribution is 2.29. The minimum atomic E-state index is -1.02. The fourth-order valence-corrected chi connectivity index (χ4v) is 2.46. The van der Waals surface area contributed by atoms with Crippen molar-refractivity contribution in [2.75, 3.05) is 0 Å². The maximum absolute atomic E-state index is 10.7. The zero-order valence-corrected chi connectivity index (χ0v) is 11.1. The molecule has 6 nitrogen and oxygen atoms in total. The van der Waals surface area contributed by atoms with Gasteiger partial charge >= 0.3 is 5.97 Å². The lowest BCUT2D eigenvalue weighted by Gasteiger charge is -2.02. The van der Waals surface area contributed by atoms with E-state index in [2.05, 4.69) is 16.2 Å². The van der Waals surface area contributed by atoms with Crippen molar-refractivity contribution in [1.29, 1.82) is 5.26 Å². The van der Waals surface area contributed by atoms with Gasteiger partial charge in [0.1, 0.15) is 21.7 Å². The summed E-state index contributed by atoms with van der Waals surface area (Å²) in [5.41, 5.74) is 1.30. The topological polar surface area (TPSA) is 91.8 Å². The molecule has 1 N–H and O–H groups in total. The summed E-state index contributed by atoms with van der Waals surface area (Å²) in [6.07, 6.45) is 1.29. The Labute approximate surface area is 113 Å².